The number of halogens is 4. The van der Waals surface area contributed by atoms with Gasteiger partial charge in [-0.05, 0) is 59.6 Å². The average molecular weight is 378 g/mol. The molecule has 0 fully saturated rings. The first-order chi connectivity index (χ1) is 9.81. The molecule has 2 rings (SSSR count). The molecule has 21 heavy (non-hydrogen) atoms. The smallest absolute Gasteiger partial charge is 0.377 e. The van der Waals surface area contributed by atoms with E-state index in [9.17, 15) is 13.2 Å². The average Bonchev–Trinajstić information content (AvgIpc) is 2.88. The molecule has 1 N–H and O–H groups in total. The van der Waals surface area contributed by atoms with E-state index in [1.165, 1.54) is 10.9 Å². The summed E-state index contributed by atoms with van der Waals surface area (Å²) in [6.45, 7) is 4.02. The first-order valence-corrected chi connectivity index (χ1v) is 8.14. The highest BCUT2D eigenvalue weighted by atomic mass is 79.9. The molecule has 1 nitrogen and oxygen atoms in total. The van der Waals surface area contributed by atoms with E-state index < -0.39 is 11.7 Å². The lowest BCUT2D eigenvalue weighted by Crippen LogP contribution is -2.09. The molecule has 0 aliphatic carbocycles. The molecule has 1 unspecified atom stereocenters. The van der Waals surface area contributed by atoms with E-state index in [1.54, 1.807) is 11.3 Å². The molecule has 0 saturated heterocycles. The van der Waals surface area contributed by atoms with Crippen molar-refractivity contribution >= 4 is 33.0 Å². The maximum absolute atomic E-state index is 12.8. The van der Waals surface area contributed by atoms with Gasteiger partial charge in [-0.1, -0.05) is 6.92 Å². The summed E-state index contributed by atoms with van der Waals surface area (Å²) < 4.78 is 38.9. The summed E-state index contributed by atoms with van der Waals surface area (Å²) >= 11 is 4.97. The standard InChI is InChI=1S/C15H15BrF3NS/c1-3-11-5-7-14(21-11)9(2)20-13-8-10(15(17,18)19)4-6-12(13)16/h4-9,20H,3H2,1-2H3. The molecule has 0 amide bonds. The van der Waals surface area contributed by atoms with Crippen LogP contribution in [0.1, 0.15) is 35.2 Å². The number of nitrogens with one attached hydrogen (secondary N) is 1. The Bertz CT molecular complexity index is 622. The summed E-state index contributed by atoms with van der Waals surface area (Å²) in [7, 11) is 0. The highest BCUT2D eigenvalue weighted by Gasteiger charge is 2.31. The Morgan fingerprint density at radius 3 is 2.52 bits per heavy atom. The van der Waals surface area contributed by atoms with Crippen LogP contribution in [0.25, 0.3) is 0 Å². The summed E-state index contributed by atoms with van der Waals surface area (Å²) in [6, 6.07) is 7.65. The van der Waals surface area contributed by atoms with E-state index in [2.05, 4.69) is 34.2 Å². The molecule has 0 aliphatic rings. The number of thiophene rings is 1. The second kappa shape index (κ2) is 6.40. The molecule has 114 valence electrons. The van der Waals surface area contributed by atoms with Gasteiger partial charge in [0.15, 0.2) is 0 Å². The van der Waals surface area contributed by atoms with Gasteiger partial charge in [-0.3, -0.25) is 0 Å². The molecule has 0 bridgehead atoms. The van der Waals surface area contributed by atoms with Gasteiger partial charge in [0.1, 0.15) is 0 Å². The summed E-state index contributed by atoms with van der Waals surface area (Å²) in [4.78, 5) is 2.37. The SMILES string of the molecule is CCc1ccc(C(C)Nc2cc(C(F)(F)F)ccc2Br)s1. The van der Waals surface area contributed by atoms with Crippen molar-refractivity contribution in [1.82, 2.24) is 0 Å². The Morgan fingerprint density at radius 2 is 1.95 bits per heavy atom. The van der Waals surface area contributed by atoms with Crippen LogP contribution in [0.2, 0.25) is 0 Å². The Labute approximate surface area is 134 Å². The molecular formula is C15H15BrF3NS. The van der Waals surface area contributed by atoms with Gasteiger partial charge in [0.25, 0.3) is 0 Å². The van der Waals surface area contributed by atoms with Gasteiger partial charge in [0.2, 0.25) is 0 Å². The molecule has 6 heteroatoms. The van der Waals surface area contributed by atoms with Crippen LogP contribution in [0.4, 0.5) is 18.9 Å². The van der Waals surface area contributed by atoms with E-state index in [-0.39, 0.29) is 6.04 Å². The molecule has 0 spiro atoms. The lowest BCUT2D eigenvalue weighted by molar-refractivity contribution is -0.137. The van der Waals surface area contributed by atoms with Crippen molar-refractivity contribution in [2.24, 2.45) is 0 Å². The minimum absolute atomic E-state index is 0.0462. The first kappa shape index (κ1) is 16.4. The van der Waals surface area contributed by atoms with Gasteiger partial charge in [-0.25, -0.2) is 0 Å². The van der Waals surface area contributed by atoms with Crippen LogP contribution in [0, 0.1) is 0 Å². The third-order valence-corrected chi connectivity index (χ3v) is 5.23. The second-order valence-electron chi connectivity index (χ2n) is 4.72. The van der Waals surface area contributed by atoms with Gasteiger partial charge in [-0.15, -0.1) is 11.3 Å². The van der Waals surface area contributed by atoms with Crippen LogP contribution < -0.4 is 5.32 Å². The van der Waals surface area contributed by atoms with Gasteiger partial charge >= 0.3 is 6.18 Å². The summed E-state index contributed by atoms with van der Waals surface area (Å²) in [6.07, 6.45) is -3.37. The number of hydrogen-bond donors (Lipinski definition) is 1. The van der Waals surface area contributed by atoms with E-state index in [0.29, 0.717) is 10.2 Å². The van der Waals surface area contributed by atoms with Gasteiger partial charge in [0, 0.05) is 19.9 Å². The lowest BCUT2D eigenvalue weighted by atomic mass is 10.1. The van der Waals surface area contributed by atoms with Gasteiger partial charge < -0.3 is 5.32 Å². The van der Waals surface area contributed by atoms with E-state index >= 15 is 0 Å². The fraction of sp³-hybridized carbons (Fsp3) is 0.333. The Hall–Kier alpha value is -1.01. The predicted molar refractivity (Wildman–Crippen MR) is 84.9 cm³/mol. The van der Waals surface area contributed by atoms with E-state index in [0.717, 1.165) is 23.4 Å². The first-order valence-electron chi connectivity index (χ1n) is 6.53. The van der Waals surface area contributed by atoms with Crippen LogP contribution in [0.5, 0.6) is 0 Å². The Balaban J connectivity index is 2.22. The molecular weight excluding hydrogens is 363 g/mol. The van der Waals surface area contributed by atoms with Crippen LogP contribution >= 0.6 is 27.3 Å². The van der Waals surface area contributed by atoms with Crippen molar-refractivity contribution in [3.63, 3.8) is 0 Å². The highest BCUT2D eigenvalue weighted by Crippen LogP contribution is 2.36. The summed E-state index contributed by atoms with van der Waals surface area (Å²) in [5, 5.41) is 3.14. The maximum atomic E-state index is 12.8. The molecule has 0 saturated carbocycles. The van der Waals surface area contributed by atoms with Crippen molar-refractivity contribution in [1.29, 1.82) is 0 Å². The normalized spacial score (nSPS) is 13.2. The van der Waals surface area contributed by atoms with Crippen molar-refractivity contribution in [2.75, 3.05) is 5.32 Å². The zero-order valence-electron chi connectivity index (χ0n) is 11.6. The number of alkyl halides is 3. The monoisotopic (exact) mass is 377 g/mol. The summed E-state index contributed by atoms with van der Waals surface area (Å²) in [5.41, 5.74) is -0.204. The fourth-order valence-corrected chi connectivity index (χ4v) is 3.25. The molecule has 0 radical (unpaired) electrons. The Kier molecular flexibility index (Phi) is 4.99. The Morgan fingerprint density at radius 1 is 1.24 bits per heavy atom. The van der Waals surface area contributed by atoms with Gasteiger partial charge in [-0.2, -0.15) is 13.2 Å². The van der Waals surface area contributed by atoms with Crippen molar-refractivity contribution in [2.45, 2.75) is 32.5 Å². The topological polar surface area (TPSA) is 12.0 Å². The van der Waals surface area contributed by atoms with Gasteiger partial charge in [0.05, 0.1) is 11.6 Å². The largest absolute Gasteiger partial charge is 0.416 e. The van der Waals surface area contributed by atoms with E-state index in [4.69, 9.17) is 0 Å². The zero-order valence-corrected chi connectivity index (χ0v) is 14.0. The second-order valence-corrected chi connectivity index (χ2v) is 6.77. The minimum Gasteiger partial charge on any atom is -0.377 e. The number of hydrogen-bond acceptors (Lipinski definition) is 2. The molecule has 2 aromatic rings. The summed E-state index contributed by atoms with van der Waals surface area (Å²) in [5.74, 6) is 0. The molecule has 1 atom stereocenters. The van der Waals surface area contributed by atoms with Crippen molar-refractivity contribution < 1.29 is 13.2 Å². The zero-order chi connectivity index (χ0) is 15.6. The van der Waals surface area contributed by atoms with Crippen molar-refractivity contribution in [3.8, 4) is 0 Å². The predicted octanol–water partition coefficient (Wildman–Crippen LogP) is 6.26. The quantitative estimate of drug-likeness (QED) is 0.662. The highest BCUT2D eigenvalue weighted by molar-refractivity contribution is 9.10. The molecule has 1 heterocycles. The van der Waals surface area contributed by atoms with E-state index in [1.807, 2.05) is 13.0 Å². The third kappa shape index (κ3) is 4.01. The van der Waals surface area contributed by atoms with Crippen molar-refractivity contribution in [3.05, 3.63) is 50.1 Å². The van der Waals surface area contributed by atoms with Crippen LogP contribution in [-0.2, 0) is 12.6 Å². The molecule has 1 aromatic heterocycles. The molecule has 1 aromatic carbocycles. The molecule has 0 aliphatic heterocycles. The number of rotatable bonds is 4. The number of anilines is 1. The third-order valence-electron chi connectivity index (χ3n) is 3.12. The number of benzene rings is 1. The van der Waals surface area contributed by atoms with Crippen LogP contribution in [0.3, 0.4) is 0 Å². The van der Waals surface area contributed by atoms with Crippen LogP contribution in [0.15, 0.2) is 34.8 Å². The maximum Gasteiger partial charge on any atom is 0.416 e. The van der Waals surface area contributed by atoms with Crippen LogP contribution in [-0.4, -0.2) is 0 Å². The minimum atomic E-state index is -4.33. The number of aryl methyl sites for hydroxylation is 1. The fourth-order valence-electron chi connectivity index (χ4n) is 1.93. The lowest BCUT2D eigenvalue weighted by Gasteiger charge is -2.17.